The van der Waals surface area contributed by atoms with Crippen LogP contribution < -0.4 is 0 Å². The van der Waals surface area contributed by atoms with E-state index in [9.17, 15) is 13.2 Å². The van der Waals surface area contributed by atoms with Crippen LogP contribution in [0.15, 0.2) is 53.4 Å². The van der Waals surface area contributed by atoms with E-state index in [0.29, 0.717) is 50.1 Å². The molecule has 1 amide bonds. The van der Waals surface area contributed by atoms with Gasteiger partial charge in [0, 0.05) is 25.6 Å². The molecule has 0 bridgehead atoms. The van der Waals surface area contributed by atoms with Crippen LogP contribution in [-0.4, -0.2) is 55.9 Å². The summed E-state index contributed by atoms with van der Waals surface area (Å²) in [5.41, 5.74) is 3.69. The van der Waals surface area contributed by atoms with Crippen LogP contribution in [0.4, 0.5) is 0 Å². The molecule has 33 heavy (non-hydrogen) atoms. The van der Waals surface area contributed by atoms with E-state index < -0.39 is 10.0 Å². The second-order valence-corrected chi connectivity index (χ2v) is 11.2. The molecule has 1 aliphatic heterocycles. The van der Waals surface area contributed by atoms with Gasteiger partial charge in [-0.2, -0.15) is 4.31 Å². The molecule has 5 rings (SSSR count). The van der Waals surface area contributed by atoms with Gasteiger partial charge < -0.3 is 9.64 Å². The number of nitrogens with zero attached hydrogens (tertiary/aromatic N) is 2. The predicted octanol–water partition coefficient (Wildman–Crippen LogP) is 3.71. The quantitative estimate of drug-likeness (QED) is 0.621. The summed E-state index contributed by atoms with van der Waals surface area (Å²) in [6.07, 6.45) is 6.51. The van der Waals surface area contributed by atoms with Crippen LogP contribution in [0, 0.1) is 0 Å². The fraction of sp³-hybridized carbons (Fsp3) is 0.500. The molecule has 2 aromatic carbocycles. The highest BCUT2D eigenvalue weighted by Crippen LogP contribution is 2.41. The molecule has 0 N–H and O–H groups in total. The standard InChI is InChI=1S/C26H32N2O4S/c29-26(28(22-11-12-22)25-7-3-5-21-4-1-2-6-24(21)25)15-10-20-8-13-23(14-9-20)33(30,31)27-16-18-32-19-17-27/h1-2,4,6,8-9,13-14,22,25H,3,5,7,10-12,15-19H2. The lowest BCUT2D eigenvalue weighted by atomic mass is 9.86. The fourth-order valence-corrected chi connectivity index (χ4v) is 6.55. The van der Waals surface area contributed by atoms with Gasteiger partial charge in [0.15, 0.2) is 0 Å². The molecule has 0 radical (unpaired) electrons. The van der Waals surface area contributed by atoms with Crippen LogP contribution in [0.5, 0.6) is 0 Å². The van der Waals surface area contributed by atoms with Gasteiger partial charge in [-0.3, -0.25) is 4.79 Å². The number of hydrogen-bond acceptors (Lipinski definition) is 4. The number of fused-ring (bicyclic) bond motifs is 1. The minimum Gasteiger partial charge on any atom is -0.379 e. The van der Waals surface area contributed by atoms with E-state index in [-0.39, 0.29) is 11.9 Å². The Morgan fingerprint density at radius 1 is 1.00 bits per heavy atom. The topological polar surface area (TPSA) is 66.9 Å². The molecule has 176 valence electrons. The van der Waals surface area contributed by atoms with Crippen LogP contribution in [-0.2, 0) is 32.4 Å². The Kier molecular flexibility index (Phi) is 6.54. The normalized spacial score (nSPS) is 21.4. The summed E-state index contributed by atoms with van der Waals surface area (Å²) in [6.45, 7) is 1.64. The average Bonchev–Trinajstić information content (AvgIpc) is 3.69. The highest BCUT2D eigenvalue weighted by Gasteiger charge is 2.39. The summed E-state index contributed by atoms with van der Waals surface area (Å²) >= 11 is 0. The Labute approximate surface area is 196 Å². The van der Waals surface area contributed by atoms with E-state index in [1.807, 2.05) is 12.1 Å². The van der Waals surface area contributed by atoms with E-state index >= 15 is 0 Å². The van der Waals surface area contributed by atoms with E-state index in [0.717, 1.165) is 37.7 Å². The van der Waals surface area contributed by atoms with Crippen LogP contribution in [0.1, 0.15) is 54.8 Å². The van der Waals surface area contributed by atoms with Crippen molar-refractivity contribution in [3.8, 4) is 0 Å². The zero-order valence-electron chi connectivity index (χ0n) is 19.0. The van der Waals surface area contributed by atoms with Gasteiger partial charge >= 0.3 is 0 Å². The summed E-state index contributed by atoms with van der Waals surface area (Å²) < 4.78 is 32.4. The monoisotopic (exact) mass is 468 g/mol. The number of amides is 1. The smallest absolute Gasteiger partial charge is 0.243 e. The number of benzene rings is 2. The van der Waals surface area contributed by atoms with Crippen molar-refractivity contribution in [1.29, 1.82) is 0 Å². The molecule has 0 aromatic heterocycles. The second kappa shape index (κ2) is 9.57. The van der Waals surface area contributed by atoms with Crippen molar-refractivity contribution in [1.82, 2.24) is 9.21 Å². The lowest BCUT2D eigenvalue weighted by Crippen LogP contribution is -2.40. The van der Waals surface area contributed by atoms with Gasteiger partial charge in [0.25, 0.3) is 0 Å². The van der Waals surface area contributed by atoms with Crippen LogP contribution >= 0.6 is 0 Å². The Bertz CT molecular complexity index is 1090. The molecular formula is C26H32N2O4S. The van der Waals surface area contributed by atoms with Gasteiger partial charge in [-0.15, -0.1) is 0 Å². The molecule has 7 heteroatoms. The van der Waals surface area contributed by atoms with Gasteiger partial charge in [0.05, 0.1) is 24.2 Å². The van der Waals surface area contributed by atoms with Crippen LogP contribution in [0.25, 0.3) is 0 Å². The van der Waals surface area contributed by atoms with E-state index in [4.69, 9.17) is 4.74 Å². The molecule has 2 aromatic rings. The third kappa shape index (κ3) is 4.86. The Balaban J connectivity index is 1.25. The molecule has 1 atom stereocenters. The maximum absolute atomic E-state index is 13.4. The Hall–Kier alpha value is -2.22. The molecule has 6 nitrogen and oxygen atoms in total. The van der Waals surface area contributed by atoms with Crippen LogP contribution in [0.2, 0.25) is 0 Å². The zero-order chi connectivity index (χ0) is 22.8. The van der Waals surface area contributed by atoms with E-state index in [1.165, 1.54) is 15.4 Å². The van der Waals surface area contributed by atoms with Crippen molar-refractivity contribution in [2.45, 2.75) is 61.9 Å². The summed E-state index contributed by atoms with van der Waals surface area (Å²) in [6, 6.07) is 16.1. The first-order chi connectivity index (χ1) is 16.0. The van der Waals surface area contributed by atoms with Gasteiger partial charge in [-0.1, -0.05) is 36.4 Å². The van der Waals surface area contributed by atoms with Crippen molar-refractivity contribution in [2.24, 2.45) is 0 Å². The van der Waals surface area contributed by atoms with Gasteiger partial charge in [0.1, 0.15) is 0 Å². The molecule has 2 fully saturated rings. The third-order valence-corrected chi connectivity index (χ3v) is 8.97. The first-order valence-corrected chi connectivity index (χ1v) is 13.5. The minimum absolute atomic E-state index is 0.191. The highest BCUT2D eigenvalue weighted by molar-refractivity contribution is 7.89. The largest absolute Gasteiger partial charge is 0.379 e. The van der Waals surface area contributed by atoms with Crippen molar-refractivity contribution in [3.63, 3.8) is 0 Å². The van der Waals surface area contributed by atoms with Crippen LogP contribution in [0.3, 0.4) is 0 Å². The summed E-state index contributed by atoms with van der Waals surface area (Å²) in [5.74, 6) is 0.212. The van der Waals surface area contributed by atoms with E-state index in [1.54, 1.807) is 12.1 Å². The molecule has 1 unspecified atom stereocenters. The number of ether oxygens (including phenoxy) is 1. The number of hydrogen-bond donors (Lipinski definition) is 0. The lowest BCUT2D eigenvalue weighted by Gasteiger charge is -2.36. The Morgan fingerprint density at radius 3 is 2.45 bits per heavy atom. The minimum atomic E-state index is -3.49. The molecular weight excluding hydrogens is 436 g/mol. The summed E-state index contributed by atoms with van der Waals surface area (Å²) in [5, 5.41) is 0. The molecule has 3 aliphatic rings. The highest BCUT2D eigenvalue weighted by atomic mass is 32.2. The fourth-order valence-electron chi connectivity index (χ4n) is 5.15. The van der Waals surface area contributed by atoms with Crippen molar-refractivity contribution in [2.75, 3.05) is 26.3 Å². The number of carbonyl (C=O) groups is 1. The molecule has 1 saturated heterocycles. The average molecular weight is 469 g/mol. The number of morpholine rings is 1. The first kappa shape index (κ1) is 22.6. The third-order valence-electron chi connectivity index (χ3n) is 7.06. The number of sulfonamides is 1. The predicted molar refractivity (Wildman–Crippen MR) is 126 cm³/mol. The second-order valence-electron chi connectivity index (χ2n) is 9.30. The van der Waals surface area contributed by atoms with Gasteiger partial charge in [0.2, 0.25) is 15.9 Å². The maximum Gasteiger partial charge on any atom is 0.243 e. The number of rotatable bonds is 7. The number of carbonyl (C=O) groups excluding carboxylic acids is 1. The first-order valence-electron chi connectivity index (χ1n) is 12.1. The molecule has 1 heterocycles. The number of aryl methyl sites for hydroxylation is 2. The van der Waals surface area contributed by atoms with Gasteiger partial charge in [-0.05, 0) is 67.3 Å². The van der Waals surface area contributed by atoms with Gasteiger partial charge in [-0.25, -0.2) is 8.42 Å². The molecule has 0 spiro atoms. The summed E-state index contributed by atoms with van der Waals surface area (Å²) in [4.78, 5) is 15.8. The van der Waals surface area contributed by atoms with E-state index in [2.05, 4.69) is 29.2 Å². The SMILES string of the molecule is O=C(CCc1ccc(S(=O)(=O)N2CCOCC2)cc1)N(C1CC1)C1CCCc2ccccc21. The maximum atomic E-state index is 13.4. The van der Waals surface area contributed by atoms with Crippen molar-refractivity contribution >= 4 is 15.9 Å². The lowest BCUT2D eigenvalue weighted by molar-refractivity contribution is -0.134. The molecule has 2 aliphatic carbocycles. The van der Waals surface area contributed by atoms with Crippen molar-refractivity contribution in [3.05, 3.63) is 65.2 Å². The Morgan fingerprint density at radius 2 is 1.73 bits per heavy atom. The van der Waals surface area contributed by atoms with Crippen molar-refractivity contribution < 1.29 is 17.9 Å². The molecule has 1 saturated carbocycles. The summed E-state index contributed by atoms with van der Waals surface area (Å²) in [7, 11) is -3.49. The zero-order valence-corrected chi connectivity index (χ0v) is 19.8.